The molecule has 0 aliphatic heterocycles. The molecule has 0 aromatic carbocycles. The molecule has 0 saturated heterocycles. The second kappa shape index (κ2) is 3.73. The van der Waals surface area contributed by atoms with Crippen molar-refractivity contribution >= 4 is 45.5 Å². The number of halogens is 2. The molecule has 3 nitrogen and oxygen atoms in total. The average molecular weight is 235 g/mol. The van der Waals surface area contributed by atoms with Crippen LogP contribution in [0.2, 0.25) is 5.02 Å². The van der Waals surface area contributed by atoms with Crippen LogP contribution < -0.4 is 0 Å². The first-order valence-corrected chi connectivity index (χ1v) is 4.91. The van der Waals surface area contributed by atoms with Gasteiger partial charge in [0, 0.05) is 5.38 Å². The summed E-state index contributed by atoms with van der Waals surface area (Å²) in [6.07, 6.45) is 0. The van der Waals surface area contributed by atoms with Crippen molar-refractivity contribution in [1.82, 2.24) is 0 Å². The molecular weight excluding hydrogens is 231 g/mol. The molecule has 0 atom stereocenters. The van der Waals surface area contributed by atoms with Crippen molar-refractivity contribution in [1.29, 1.82) is 0 Å². The molecule has 0 aliphatic carbocycles. The highest BCUT2D eigenvalue weighted by atomic mass is 35.5. The van der Waals surface area contributed by atoms with Crippen LogP contribution in [0.25, 0.3) is 0 Å². The molecule has 0 unspecified atom stereocenters. The molecule has 0 bridgehead atoms. The Hall–Kier alpha value is 0.190. The van der Waals surface area contributed by atoms with Gasteiger partial charge in [-0.3, -0.25) is 4.55 Å². The van der Waals surface area contributed by atoms with E-state index in [1.807, 2.05) is 0 Å². The second-order valence-corrected chi connectivity index (χ2v) is 4.56. The normalized spacial score (nSPS) is 10.7. The SMILES string of the molecule is Cl.O=S(=O)(O)c1cc(Cl)cs1. The molecule has 1 aromatic rings. The van der Waals surface area contributed by atoms with Gasteiger partial charge in [0.25, 0.3) is 0 Å². The molecule has 0 radical (unpaired) electrons. The first-order chi connectivity index (χ1) is 4.50. The van der Waals surface area contributed by atoms with Gasteiger partial charge in [-0.05, 0) is 6.07 Å². The van der Waals surface area contributed by atoms with Crippen molar-refractivity contribution < 1.29 is 13.0 Å². The number of rotatable bonds is 1. The minimum atomic E-state index is -4.05. The molecular formula is C4H4Cl2O3S2. The van der Waals surface area contributed by atoms with E-state index in [4.69, 9.17) is 16.2 Å². The maximum absolute atomic E-state index is 10.4. The summed E-state index contributed by atoms with van der Waals surface area (Å²) < 4.78 is 29.0. The van der Waals surface area contributed by atoms with Crippen LogP contribution in [0.1, 0.15) is 0 Å². The largest absolute Gasteiger partial charge is 0.304 e. The molecule has 0 spiro atoms. The van der Waals surface area contributed by atoms with Crippen LogP contribution in [-0.2, 0) is 10.1 Å². The molecule has 11 heavy (non-hydrogen) atoms. The zero-order valence-electron chi connectivity index (χ0n) is 5.02. The highest BCUT2D eigenvalue weighted by Crippen LogP contribution is 2.22. The minimum Gasteiger partial charge on any atom is -0.281 e. The summed E-state index contributed by atoms with van der Waals surface area (Å²) in [7, 11) is -4.05. The Morgan fingerprint density at radius 1 is 1.55 bits per heavy atom. The van der Waals surface area contributed by atoms with Gasteiger partial charge in [0.1, 0.15) is 4.21 Å². The fourth-order valence-electron chi connectivity index (χ4n) is 0.430. The molecule has 7 heteroatoms. The van der Waals surface area contributed by atoms with Gasteiger partial charge in [-0.15, -0.1) is 23.7 Å². The van der Waals surface area contributed by atoms with Gasteiger partial charge in [0.15, 0.2) is 0 Å². The first kappa shape index (κ1) is 11.2. The van der Waals surface area contributed by atoms with Gasteiger partial charge >= 0.3 is 10.1 Å². The lowest BCUT2D eigenvalue weighted by molar-refractivity contribution is 0.485. The lowest BCUT2D eigenvalue weighted by Gasteiger charge is -1.85. The summed E-state index contributed by atoms with van der Waals surface area (Å²) in [6.45, 7) is 0. The molecule has 1 heterocycles. The van der Waals surface area contributed by atoms with Crippen LogP contribution in [0, 0.1) is 0 Å². The Labute approximate surface area is 79.2 Å². The van der Waals surface area contributed by atoms with Crippen LogP contribution in [0.3, 0.4) is 0 Å². The predicted octanol–water partition coefficient (Wildman–Crippen LogP) is 2.07. The monoisotopic (exact) mass is 234 g/mol. The standard InChI is InChI=1S/C4H3ClO3S2.ClH/c5-3-1-4(9-2-3)10(6,7)8;/h1-2H,(H,6,7,8);1H. The van der Waals surface area contributed by atoms with E-state index in [-0.39, 0.29) is 16.6 Å². The molecule has 0 amide bonds. The summed E-state index contributed by atoms with van der Waals surface area (Å²) in [4.78, 5) is 0. The molecule has 1 aromatic heterocycles. The van der Waals surface area contributed by atoms with Crippen LogP contribution in [-0.4, -0.2) is 13.0 Å². The summed E-state index contributed by atoms with van der Waals surface area (Å²) in [5.74, 6) is 0. The van der Waals surface area contributed by atoms with E-state index in [0.717, 1.165) is 11.3 Å². The summed E-state index contributed by atoms with van der Waals surface area (Å²) in [6, 6.07) is 1.20. The Kier molecular flexibility index (Phi) is 3.79. The van der Waals surface area contributed by atoms with Crippen LogP contribution in [0.4, 0.5) is 0 Å². The summed E-state index contributed by atoms with van der Waals surface area (Å²) in [5.41, 5.74) is 0. The highest BCUT2D eigenvalue weighted by Gasteiger charge is 2.11. The molecule has 1 rings (SSSR count). The van der Waals surface area contributed by atoms with Crippen molar-refractivity contribution in [2.24, 2.45) is 0 Å². The van der Waals surface area contributed by atoms with Crippen molar-refractivity contribution in [3.05, 3.63) is 16.5 Å². The maximum atomic E-state index is 10.4. The van der Waals surface area contributed by atoms with Crippen LogP contribution in [0.5, 0.6) is 0 Å². The van der Waals surface area contributed by atoms with E-state index in [1.54, 1.807) is 0 Å². The Bertz CT molecular complexity index is 329. The Balaban J connectivity index is 0.000001000. The van der Waals surface area contributed by atoms with Crippen molar-refractivity contribution in [3.8, 4) is 0 Å². The van der Waals surface area contributed by atoms with Gasteiger partial charge < -0.3 is 0 Å². The smallest absolute Gasteiger partial charge is 0.281 e. The van der Waals surface area contributed by atoms with E-state index in [1.165, 1.54) is 11.4 Å². The maximum Gasteiger partial charge on any atom is 0.304 e. The van der Waals surface area contributed by atoms with Gasteiger partial charge in [-0.25, -0.2) is 0 Å². The third kappa shape index (κ3) is 2.96. The topological polar surface area (TPSA) is 54.4 Å². The van der Waals surface area contributed by atoms with Crippen molar-refractivity contribution in [2.45, 2.75) is 4.21 Å². The summed E-state index contributed by atoms with van der Waals surface area (Å²) >= 11 is 6.29. The Morgan fingerprint density at radius 2 is 2.09 bits per heavy atom. The quantitative estimate of drug-likeness (QED) is 0.758. The first-order valence-electron chi connectivity index (χ1n) is 2.21. The molecule has 0 fully saturated rings. The van der Waals surface area contributed by atoms with E-state index in [2.05, 4.69) is 0 Å². The number of thiophene rings is 1. The van der Waals surface area contributed by atoms with E-state index in [9.17, 15) is 8.42 Å². The van der Waals surface area contributed by atoms with Gasteiger partial charge in [0.2, 0.25) is 0 Å². The number of hydrogen-bond donors (Lipinski definition) is 1. The van der Waals surface area contributed by atoms with Crippen LogP contribution in [0.15, 0.2) is 15.7 Å². The van der Waals surface area contributed by atoms with E-state index in [0.29, 0.717) is 5.02 Å². The molecule has 0 saturated carbocycles. The zero-order chi connectivity index (χ0) is 7.78. The fourth-order valence-corrected chi connectivity index (χ4v) is 2.20. The Morgan fingerprint density at radius 3 is 2.27 bits per heavy atom. The fraction of sp³-hybridized carbons (Fsp3) is 0. The second-order valence-electron chi connectivity index (χ2n) is 1.56. The lowest BCUT2D eigenvalue weighted by Crippen LogP contribution is -1.92. The van der Waals surface area contributed by atoms with Gasteiger partial charge in [-0.2, -0.15) is 8.42 Å². The van der Waals surface area contributed by atoms with E-state index >= 15 is 0 Å². The molecule has 64 valence electrons. The third-order valence-electron chi connectivity index (χ3n) is 0.798. The zero-order valence-corrected chi connectivity index (χ0v) is 8.23. The predicted molar refractivity (Wildman–Crippen MR) is 46.4 cm³/mol. The summed E-state index contributed by atoms with van der Waals surface area (Å²) in [5, 5.41) is 1.75. The minimum absolute atomic E-state index is 0. The van der Waals surface area contributed by atoms with Gasteiger partial charge in [0.05, 0.1) is 5.02 Å². The van der Waals surface area contributed by atoms with Gasteiger partial charge in [-0.1, -0.05) is 11.6 Å². The average Bonchev–Trinajstić information content (AvgIpc) is 2.11. The highest BCUT2D eigenvalue weighted by molar-refractivity contribution is 7.88. The van der Waals surface area contributed by atoms with Crippen LogP contribution >= 0.6 is 35.3 Å². The van der Waals surface area contributed by atoms with Crippen molar-refractivity contribution in [3.63, 3.8) is 0 Å². The van der Waals surface area contributed by atoms with Crippen molar-refractivity contribution in [2.75, 3.05) is 0 Å². The number of hydrogen-bond acceptors (Lipinski definition) is 3. The molecule has 1 N–H and O–H groups in total. The molecule has 0 aliphatic rings. The van der Waals surface area contributed by atoms with E-state index < -0.39 is 10.1 Å². The lowest BCUT2D eigenvalue weighted by atomic mass is 10.7. The third-order valence-corrected chi connectivity index (χ3v) is 3.41.